The highest BCUT2D eigenvalue weighted by atomic mass is 35.5. The molecule has 0 saturated heterocycles. The van der Waals surface area contributed by atoms with Gasteiger partial charge >= 0.3 is 0 Å². The van der Waals surface area contributed by atoms with Gasteiger partial charge in [0.1, 0.15) is 0 Å². The molecule has 2 N–H and O–H groups in total. The Labute approximate surface area is 160 Å². The number of nitrogens with zero attached hydrogens (tertiary/aromatic N) is 1. The highest BCUT2D eigenvalue weighted by Crippen LogP contribution is 2.26. The van der Waals surface area contributed by atoms with Gasteiger partial charge in [0.25, 0.3) is 0 Å². The molecular weight excluding hydrogens is 394 g/mol. The second-order valence-corrected chi connectivity index (χ2v) is 8.88. The Balaban J connectivity index is 1.56. The lowest BCUT2D eigenvalue weighted by molar-refractivity contribution is -0.116. The number of aryl methyl sites for hydroxylation is 1. The summed E-state index contributed by atoms with van der Waals surface area (Å²) in [7, 11) is -3.70. The second-order valence-electron chi connectivity index (χ2n) is 5.64. The van der Waals surface area contributed by atoms with Crippen molar-refractivity contribution < 1.29 is 13.2 Å². The molecule has 3 rings (SSSR count). The molecule has 0 saturated carbocycles. The van der Waals surface area contributed by atoms with Crippen molar-refractivity contribution in [2.45, 2.75) is 18.2 Å². The van der Waals surface area contributed by atoms with Gasteiger partial charge in [-0.1, -0.05) is 35.1 Å². The van der Waals surface area contributed by atoms with Crippen molar-refractivity contribution in [2.24, 2.45) is 0 Å². The normalized spacial score (nSPS) is 11.6. The van der Waals surface area contributed by atoms with Gasteiger partial charge in [-0.05, 0) is 42.8 Å². The third kappa shape index (κ3) is 4.59. The van der Waals surface area contributed by atoms with Crippen LogP contribution in [0, 0.1) is 6.92 Å². The number of aromatic nitrogens is 1. The Kier molecular flexibility index (Phi) is 5.57. The van der Waals surface area contributed by atoms with E-state index in [1.54, 1.807) is 12.1 Å². The lowest BCUT2D eigenvalue weighted by Gasteiger charge is -2.07. The molecule has 0 unspecified atom stereocenters. The van der Waals surface area contributed by atoms with Gasteiger partial charge in [0.2, 0.25) is 15.9 Å². The summed E-state index contributed by atoms with van der Waals surface area (Å²) >= 11 is 7.19. The van der Waals surface area contributed by atoms with Crippen molar-refractivity contribution >= 4 is 54.2 Å². The lowest BCUT2D eigenvalue weighted by atomic mass is 10.2. The van der Waals surface area contributed by atoms with E-state index in [0.29, 0.717) is 10.2 Å². The fourth-order valence-electron chi connectivity index (χ4n) is 2.28. The third-order valence-corrected chi connectivity index (χ3v) is 6.17. The van der Waals surface area contributed by atoms with Crippen LogP contribution in [0.3, 0.4) is 0 Å². The molecule has 1 heterocycles. The summed E-state index contributed by atoms with van der Waals surface area (Å²) in [5, 5.41) is 3.52. The fraction of sp³-hybridized carbons (Fsp3) is 0.176. The number of sulfonamides is 1. The molecule has 6 nitrogen and oxygen atoms in total. The number of halogens is 1. The van der Waals surface area contributed by atoms with Crippen LogP contribution in [0.5, 0.6) is 0 Å². The zero-order chi connectivity index (χ0) is 18.7. The van der Waals surface area contributed by atoms with Crippen molar-refractivity contribution in [3.05, 3.63) is 53.1 Å². The summed E-state index contributed by atoms with van der Waals surface area (Å²) in [6.07, 6.45) is -0.00521. The van der Waals surface area contributed by atoms with Gasteiger partial charge in [-0.2, -0.15) is 0 Å². The van der Waals surface area contributed by atoms with Gasteiger partial charge in [0.05, 0.1) is 15.1 Å². The predicted octanol–water partition coefficient (Wildman–Crippen LogP) is 3.57. The maximum absolute atomic E-state index is 12.2. The molecule has 0 aliphatic heterocycles. The SMILES string of the molecule is Cc1ccc2nc(NC(=O)CCNS(=O)(=O)c3cccc(Cl)c3)sc2c1. The Morgan fingerprint density at radius 1 is 1.23 bits per heavy atom. The third-order valence-electron chi connectivity index (χ3n) is 3.54. The summed E-state index contributed by atoms with van der Waals surface area (Å²) < 4.78 is 27.7. The average Bonchev–Trinajstić information content (AvgIpc) is 2.95. The molecule has 9 heteroatoms. The molecular formula is C17H16ClN3O3S2. The van der Waals surface area contributed by atoms with E-state index in [4.69, 9.17) is 11.6 Å². The minimum absolute atomic E-state index is 0.00521. The van der Waals surface area contributed by atoms with Crippen molar-refractivity contribution in [3.8, 4) is 0 Å². The number of nitrogens with one attached hydrogen (secondary N) is 2. The Bertz CT molecular complexity index is 1060. The highest BCUT2D eigenvalue weighted by molar-refractivity contribution is 7.89. The number of amides is 1. The van der Waals surface area contributed by atoms with Crippen LogP contribution in [0.15, 0.2) is 47.4 Å². The Morgan fingerprint density at radius 2 is 2.04 bits per heavy atom. The largest absolute Gasteiger partial charge is 0.302 e. The van der Waals surface area contributed by atoms with Crippen molar-refractivity contribution in [2.75, 3.05) is 11.9 Å². The first-order valence-electron chi connectivity index (χ1n) is 7.76. The number of hydrogen-bond donors (Lipinski definition) is 2. The number of fused-ring (bicyclic) bond motifs is 1. The van der Waals surface area contributed by atoms with Crippen LogP contribution in [-0.2, 0) is 14.8 Å². The zero-order valence-electron chi connectivity index (χ0n) is 13.8. The van der Waals surface area contributed by atoms with Crippen molar-refractivity contribution in [3.63, 3.8) is 0 Å². The molecule has 2 aromatic carbocycles. The van der Waals surface area contributed by atoms with Gasteiger partial charge in [-0.3, -0.25) is 4.79 Å². The first kappa shape index (κ1) is 18.8. The maximum atomic E-state index is 12.2. The minimum atomic E-state index is -3.70. The molecule has 1 aromatic heterocycles. The van der Waals surface area contributed by atoms with E-state index in [9.17, 15) is 13.2 Å². The summed E-state index contributed by atoms with van der Waals surface area (Å²) in [5.74, 6) is -0.311. The molecule has 0 radical (unpaired) electrons. The van der Waals surface area contributed by atoms with Crippen molar-refractivity contribution in [1.82, 2.24) is 9.71 Å². The minimum Gasteiger partial charge on any atom is -0.302 e. The molecule has 0 bridgehead atoms. The van der Waals surface area contributed by atoms with Gasteiger partial charge in [0, 0.05) is 18.0 Å². The van der Waals surface area contributed by atoms with Gasteiger partial charge in [0.15, 0.2) is 5.13 Å². The quantitative estimate of drug-likeness (QED) is 0.651. The van der Waals surface area contributed by atoms with E-state index >= 15 is 0 Å². The van der Waals surface area contributed by atoms with Crippen LogP contribution in [0.4, 0.5) is 5.13 Å². The Hall–Kier alpha value is -2.00. The first-order valence-corrected chi connectivity index (χ1v) is 10.4. The van der Waals surface area contributed by atoms with Crippen LogP contribution in [0.2, 0.25) is 5.02 Å². The zero-order valence-corrected chi connectivity index (χ0v) is 16.2. The first-order chi connectivity index (χ1) is 12.3. The molecule has 3 aromatic rings. The number of hydrogen-bond acceptors (Lipinski definition) is 5. The molecule has 26 heavy (non-hydrogen) atoms. The molecule has 0 aliphatic carbocycles. The van der Waals surface area contributed by atoms with Gasteiger partial charge in [-0.25, -0.2) is 18.1 Å². The molecule has 0 spiro atoms. The van der Waals surface area contributed by atoms with E-state index in [1.165, 1.54) is 23.5 Å². The number of carbonyl (C=O) groups is 1. The maximum Gasteiger partial charge on any atom is 0.240 e. The highest BCUT2D eigenvalue weighted by Gasteiger charge is 2.15. The monoisotopic (exact) mass is 409 g/mol. The van der Waals surface area contributed by atoms with Crippen LogP contribution in [0.1, 0.15) is 12.0 Å². The standard InChI is InChI=1S/C17H16ClN3O3S2/c1-11-5-6-14-15(9-11)25-17(20-14)21-16(22)7-8-19-26(23,24)13-4-2-3-12(18)10-13/h2-6,9-10,19H,7-8H2,1H3,(H,20,21,22). The van der Waals surface area contributed by atoms with Crippen LogP contribution in [0.25, 0.3) is 10.2 Å². The van der Waals surface area contributed by atoms with Crippen LogP contribution >= 0.6 is 22.9 Å². The number of carbonyl (C=O) groups excluding carboxylic acids is 1. The molecule has 136 valence electrons. The van der Waals surface area contributed by atoms with E-state index in [1.807, 2.05) is 25.1 Å². The smallest absolute Gasteiger partial charge is 0.240 e. The fourth-order valence-corrected chi connectivity index (χ4v) is 4.60. The van der Waals surface area contributed by atoms with E-state index in [0.717, 1.165) is 15.8 Å². The number of anilines is 1. The molecule has 0 atom stereocenters. The lowest BCUT2D eigenvalue weighted by Crippen LogP contribution is -2.27. The van der Waals surface area contributed by atoms with Crippen LogP contribution < -0.4 is 10.0 Å². The number of benzene rings is 2. The van der Waals surface area contributed by atoms with E-state index in [2.05, 4.69) is 15.0 Å². The summed E-state index contributed by atoms with van der Waals surface area (Å²) in [6.45, 7) is 1.97. The van der Waals surface area contributed by atoms with Gasteiger partial charge < -0.3 is 5.32 Å². The summed E-state index contributed by atoms with van der Waals surface area (Å²) in [6, 6.07) is 11.8. The van der Waals surface area contributed by atoms with Crippen LogP contribution in [-0.4, -0.2) is 25.9 Å². The van der Waals surface area contributed by atoms with E-state index in [-0.39, 0.29) is 23.8 Å². The molecule has 0 fully saturated rings. The van der Waals surface area contributed by atoms with Gasteiger partial charge in [-0.15, -0.1) is 0 Å². The summed E-state index contributed by atoms with van der Waals surface area (Å²) in [5.41, 5.74) is 1.94. The van der Waals surface area contributed by atoms with E-state index < -0.39 is 10.0 Å². The summed E-state index contributed by atoms with van der Waals surface area (Å²) in [4.78, 5) is 16.4. The predicted molar refractivity (Wildman–Crippen MR) is 104 cm³/mol. The second kappa shape index (κ2) is 7.71. The number of rotatable bonds is 6. The average molecular weight is 410 g/mol. The Morgan fingerprint density at radius 3 is 2.81 bits per heavy atom. The van der Waals surface area contributed by atoms with Crippen molar-refractivity contribution in [1.29, 1.82) is 0 Å². The topological polar surface area (TPSA) is 88.2 Å². The molecule has 1 amide bonds. The number of thiazole rings is 1. The molecule has 0 aliphatic rings.